The third-order valence-electron chi connectivity index (χ3n) is 3.97. The molecule has 0 atom stereocenters. The van der Waals surface area contributed by atoms with Gasteiger partial charge in [0, 0.05) is 28.0 Å². The smallest absolute Gasteiger partial charge is 0.255 e. The molecule has 0 aliphatic carbocycles. The van der Waals surface area contributed by atoms with Crippen molar-refractivity contribution in [3.8, 4) is 0 Å². The van der Waals surface area contributed by atoms with Gasteiger partial charge >= 0.3 is 0 Å². The van der Waals surface area contributed by atoms with Crippen molar-refractivity contribution in [1.82, 2.24) is 5.32 Å². The fraction of sp³-hybridized carbons (Fsp3) is 0. The summed E-state index contributed by atoms with van der Waals surface area (Å²) in [6.45, 7) is 0. The van der Waals surface area contributed by atoms with Crippen LogP contribution in [0.3, 0.4) is 0 Å². The van der Waals surface area contributed by atoms with Gasteiger partial charge in [0.2, 0.25) is 5.91 Å². The fourth-order valence-electron chi connectivity index (χ4n) is 2.49. The zero-order valence-corrected chi connectivity index (χ0v) is 17.3. The van der Waals surface area contributed by atoms with E-state index in [1.807, 2.05) is 18.2 Å². The van der Waals surface area contributed by atoms with Crippen molar-refractivity contribution in [1.29, 1.82) is 0 Å². The first kappa shape index (κ1) is 21.2. The van der Waals surface area contributed by atoms with E-state index in [0.29, 0.717) is 22.0 Å². The van der Waals surface area contributed by atoms with Gasteiger partial charge in [-0.25, -0.2) is 0 Å². The van der Waals surface area contributed by atoms with Gasteiger partial charge in [-0.05, 0) is 72.4 Å². The molecule has 3 N–H and O–H groups in total. The number of carbonyl (C=O) groups is 2. The van der Waals surface area contributed by atoms with E-state index in [9.17, 15) is 9.59 Å². The van der Waals surface area contributed by atoms with Crippen LogP contribution in [-0.2, 0) is 4.79 Å². The highest BCUT2D eigenvalue weighted by Gasteiger charge is 2.06. The molecule has 0 spiro atoms. The van der Waals surface area contributed by atoms with E-state index in [-0.39, 0.29) is 16.9 Å². The topological polar surface area (TPSA) is 70.2 Å². The van der Waals surface area contributed by atoms with E-state index in [1.165, 1.54) is 6.08 Å². The number of carbonyl (C=O) groups excluding carboxylic acids is 2. The molecule has 150 valence electrons. The number of hydrogen-bond acceptors (Lipinski definition) is 3. The minimum Gasteiger partial charge on any atom is -0.332 e. The molecule has 5 nitrogen and oxygen atoms in total. The van der Waals surface area contributed by atoms with Gasteiger partial charge in [-0.2, -0.15) is 0 Å². The molecule has 0 aromatic heterocycles. The number of amides is 2. The quantitative estimate of drug-likeness (QED) is 0.384. The van der Waals surface area contributed by atoms with Crippen LogP contribution in [0.2, 0.25) is 5.02 Å². The average molecular weight is 436 g/mol. The summed E-state index contributed by atoms with van der Waals surface area (Å²) in [4.78, 5) is 24.2. The Labute approximate surface area is 184 Å². The van der Waals surface area contributed by atoms with Crippen molar-refractivity contribution in [3.05, 3.63) is 101 Å². The van der Waals surface area contributed by atoms with Gasteiger partial charge in [-0.15, -0.1) is 0 Å². The molecule has 2 amide bonds. The van der Waals surface area contributed by atoms with E-state index in [4.69, 9.17) is 23.8 Å². The number of rotatable bonds is 5. The Morgan fingerprint density at radius 1 is 0.800 bits per heavy atom. The molecule has 0 radical (unpaired) electrons. The lowest BCUT2D eigenvalue weighted by atomic mass is 10.2. The van der Waals surface area contributed by atoms with Crippen LogP contribution in [0.4, 0.5) is 11.4 Å². The molecule has 3 aromatic rings. The number of thiocarbonyl (C=S) groups is 1. The van der Waals surface area contributed by atoms with Crippen LogP contribution >= 0.6 is 23.8 Å². The molecule has 0 aliphatic rings. The summed E-state index contributed by atoms with van der Waals surface area (Å²) >= 11 is 11.0. The zero-order valence-electron chi connectivity index (χ0n) is 15.8. The molecule has 0 saturated carbocycles. The van der Waals surface area contributed by atoms with Crippen molar-refractivity contribution in [3.63, 3.8) is 0 Å². The minimum absolute atomic E-state index is 0.168. The van der Waals surface area contributed by atoms with Crippen LogP contribution in [0.1, 0.15) is 15.9 Å². The summed E-state index contributed by atoms with van der Waals surface area (Å²) in [6, 6.07) is 23.1. The maximum absolute atomic E-state index is 12.2. The predicted octanol–water partition coefficient (Wildman–Crippen LogP) is 5.12. The maximum Gasteiger partial charge on any atom is 0.255 e. The van der Waals surface area contributed by atoms with E-state index < -0.39 is 0 Å². The van der Waals surface area contributed by atoms with Gasteiger partial charge in [-0.1, -0.05) is 41.9 Å². The highest BCUT2D eigenvalue weighted by Crippen LogP contribution is 2.15. The third kappa shape index (κ3) is 6.55. The number of halogens is 1. The number of hydrogen-bond donors (Lipinski definition) is 3. The van der Waals surface area contributed by atoms with Crippen LogP contribution < -0.4 is 16.0 Å². The van der Waals surface area contributed by atoms with Crippen LogP contribution in [0.15, 0.2) is 84.9 Å². The first-order valence-corrected chi connectivity index (χ1v) is 9.80. The number of benzene rings is 3. The van der Waals surface area contributed by atoms with E-state index in [2.05, 4.69) is 16.0 Å². The second-order valence-corrected chi connectivity index (χ2v) is 7.07. The van der Waals surface area contributed by atoms with Gasteiger partial charge in [-0.3, -0.25) is 14.9 Å². The molecule has 0 heterocycles. The molecule has 7 heteroatoms. The van der Waals surface area contributed by atoms with E-state index in [1.54, 1.807) is 66.7 Å². The molecule has 30 heavy (non-hydrogen) atoms. The lowest BCUT2D eigenvalue weighted by Crippen LogP contribution is -2.32. The minimum atomic E-state index is -0.353. The highest BCUT2D eigenvalue weighted by molar-refractivity contribution is 7.80. The Hall–Kier alpha value is -3.48. The lowest BCUT2D eigenvalue weighted by Gasteiger charge is -2.10. The molecular formula is C23H18ClN3O2S. The summed E-state index contributed by atoms with van der Waals surface area (Å²) in [7, 11) is 0. The highest BCUT2D eigenvalue weighted by atomic mass is 35.5. The Bertz CT molecular complexity index is 1070. The van der Waals surface area contributed by atoms with Gasteiger partial charge in [0.1, 0.15) is 0 Å². The summed E-state index contributed by atoms with van der Waals surface area (Å²) < 4.78 is 0. The standard InChI is InChI=1S/C23H18ClN3O2S/c24-18-9-6-16(7-10-18)8-15-21(28)27-23(30)26-20-13-11-19(12-14-20)25-22(29)17-4-2-1-3-5-17/h1-15H,(H,25,29)(H2,26,27,28,30)/b15-8+. The SMILES string of the molecule is O=C(/C=C/c1ccc(Cl)cc1)NC(=S)Nc1ccc(NC(=O)c2ccccc2)cc1. The van der Waals surface area contributed by atoms with Crippen molar-refractivity contribution < 1.29 is 9.59 Å². The largest absolute Gasteiger partial charge is 0.332 e. The molecule has 0 bridgehead atoms. The van der Waals surface area contributed by atoms with Gasteiger partial charge < -0.3 is 10.6 Å². The number of anilines is 2. The van der Waals surface area contributed by atoms with Crippen LogP contribution in [-0.4, -0.2) is 16.9 Å². The summed E-state index contributed by atoms with van der Waals surface area (Å²) in [5.74, 6) is -0.541. The third-order valence-corrected chi connectivity index (χ3v) is 4.43. The Morgan fingerprint density at radius 3 is 2.03 bits per heavy atom. The summed E-state index contributed by atoms with van der Waals surface area (Å²) in [5.41, 5.74) is 2.76. The first-order valence-electron chi connectivity index (χ1n) is 9.02. The van der Waals surface area contributed by atoms with Crippen LogP contribution in [0.5, 0.6) is 0 Å². The average Bonchev–Trinajstić information content (AvgIpc) is 2.75. The van der Waals surface area contributed by atoms with Crippen molar-refractivity contribution in [2.75, 3.05) is 10.6 Å². The molecular weight excluding hydrogens is 418 g/mol. The molecule has 3 aromatic carbocycles. The number of nitrogens with one attached hydrogen (secondary N) is 3. The zero-order chi connectivity index (χ0) is 21.3. The van der Waals surface area contributed by atoms with Gasteiger partial charge in [0.05, 0.1) is 0 Å². The monoisotopic (exact) mass is 435 g/mol. The van der Waals surface area contributed by atoms with Crippen LogP contribution in [0.25, 0.3) is 6.08 Å². The molecule has 3 rings (SSSR count). The van der Waals surface area contributed by atoms with E-state index >= 15 is 0 Å². The van der Waals surface area contributed by atoms with Crippen LogP contribution in [0, 0.1) is 0 Å². The second-order valence-electron chi connectivity index (χ2n) is 6.23. The molecule has 0 fully saturated rings. The maximum atomic E-state index is 12.2. The lowest BCUT2D eigenvalue weighted by molar-refractivity contribution is -0.115. The first-order chi connectivity index (χ1) is 14.5. The molecule has 0 unspecified atom stereocenters. The van der Waals surface area contributed by atoms with Crippen molar-refractivity contribution >= 4 is 58.2 Å². The normalized spacial score (nSPS) is 10.4. The summed E-state index contributed by atoms with van der Waals surface area (Å²) in [5, 5.41) is 9.12. The van der Waals surface area contributed by atoms with Crippen molar-refractivity contribution in [2.24, 2.45) is 0 Å². The summed E-state index contributed by atoms with van der Waals surface area (Å²) in [6.07, 6.45) is 3.05. The second kappa shape index (κ2) is 10.3. The predicted molar refractivity (Wildman–Crippen MR) is 126 cm³/mol. The Morgan fingerprint density at radius 2 is 1.40 bits per heavy atom. The van der Waals surface area contributed by atoms with E-state index in [0.717, 1.165) is 5.56 Å². The molecule has 0 saturated heterocycles. The molecule has 0 aliphatic heterocycles. The fourth-order valence-corrected chi connectivity index (χ4v) is 2.84. The van der Waals surface area contributed by atoms with Crippen molar-refractivity contribution in [2.45, 2.75) is 0 Å². The Kier molecular flexibility index (Phi) is 7.32. The Balaban J connectivity index is 1.49. The van der Waals surface area contributed by atoms with Gasteiger partial charge in [0.15, 0.2) is 5.11 Å². The van der Waals surface area contributed by atoms with Gasteiger partial charge in [0.25, 0.3) is 5.91 Å².